The number of hydrogen-bond acceptors (Lipinski definition) is 8. The lowest BCUT2D eigenvalue weighted by atomic mass is 10.0. The number of esters is 1. The molecular weight excluding hydrogens is 490 g/mol. The van der Waals surface area contributed by atoms with Gasteiger partial charge >= 0.3 is 5.97 Å². The molecule has 0 fully saturated rings. The maximum Gasteiger partial charge on any atom is 0.342 e. The Morgan fingerprint density at radius 1 is 1.08 bits per heavy atom. The molecule has 36 heavy (non-hydrogen) atoms. The van der Waals surface area contributed by atoms with E-state index in [2.05, 4.69) is 4.72 Å². The number of non-ortho nitro benzene ring substituents is 1. The third-order valence-corrected chi connectivity index (χ3v) is 6.95. The Morgan fingerprint density at radius 3 is 2.53 bits per heavy atom. The number of hydrogen-bond donors (Lipinski definition) is 2. The number of fused-ring (bicyclic) bond motifs is 1. The van der Waals surface area contributed by atoms with Crippen molar-refractivity contribution in [2.75, 3.05) is 22.8 Å². The van der Waals surface area contributed by atoms with Gasteiger partial charge in [-0.25, -0.2) is 13.2 Å². The molecule has 3 aromatic carbocycles. The van der Waals surface area contributed by atoms with Crippen LogP contribution in [0.3, 0.4) is 0 Å². The highest BCUT2D eigenvalue weighted by molar-refractivity contribution is 7.92. The molecule has 0 saturated heterocycles. The Bertz CT molecular complexity index is 1440. The zero-order chi connectivity index (χ0) is 25.9. The molecule has 12 heteroatoms. The second-order valence-corrected chi connectivity index (χ2v) is 9.62. The van der Waals surface area contributed by atoms with Crippen LogP contribution in [0.5, 0.6) is 5.75 Å². The number of carbonyl (C=O) groups excluding carboxylic acids is 2. The van der Waals surface area contributed by atoms with E-state index in [-0.39, 0.29) is 16.3 Å². The van der Waals surface area contributed by atoms with Crippen molar-refractivity contribution in [1.29, 1.82) is 0 Å². The Balaban J connectivity index is 1.46. The molecule has 0 bridgehead atoms. The summed E-state index contributed by atoms with van der Waals surface area (Å²) >= 11 is 0. The third-order valence-electron chi connectivity index (χ3n) is 5.57. The van der Waals surface area contributed by atoms with Gasteiger partial charge in [0.05, 0.1) is 9.82 Å². The van der Waals surface area contributed by atoms with Crippen LogP contribution >= 0.6 is 0 Å². The Morgan fingerprint density at radius 2 is 1.81 bits per heavy atom. The van der Waals surface area contributed by atoms with Crippen molar-refractivity contribution in [3.8, 4) is 5.75 Å². The third kappa shape index (κ3) is 5.28. The Hall–Kier alpha value is -4.45. The molecular formula is C24H21N3O8S. The van der Waals surface area contributed by atoms with Crippen LogP contribution in [0.1, 0.15) is 22.3 Å². The summed E-state index contributed by atoms with van der Waals surface area (Å²) in [6.45, 7) is -0.120. The van der Waals surface area contributed by atoms with E-state index >= 15 is 0 Å². The maximum atomic E-state index is 12.8. The van der Waals surface area contributed by atoms with E-state index in [4.69, 9.17) is 4.74 Å². The maximum absolute atomic E-state index is 12.8. The predicted octanol–water partition coefficient (Wildman–Crippen LogP) is 3.24. The molecule has 0 spiro atoms. The number of aryl methyl sites for hydroxylation is 1. The summed E-state index contributed by atoms with van der Waals surface area (Å²) in [6, 6.07) is 15.2. The highest BCUT2D eigenvalue weighted by Gasteiger charge is 2.25. The molecule has 186 valence electrons. The van der Waals surface area contributed by atoms with E-state index in [0.29, 0.717) is 6.54 Å². The van der Waals surface area contributed by atoms with Crippen molar-refractivity contribution < 1.29 is 32.8 Å². The van der Waals surface area contributed by atoms with Crippen LogP contribution in [0, 0.1) is 10.1 Å². The van der Waals surface area contributed by atoms with Crippen LogP contribution in [0.15, 0.2) is 71.6 Å². The minimum absolute atomic E-state index is 0.0604. The van der Waals surface area contributed by atoms with Crippen LogP contribution in [-0.4, -0.2) is 43.5 Å². The van der Waals surface area contributed by atoms with Gasteiger partial charge < -0.3 is 14.7 Å². The van der Waals surface area contributed by atoms with Crippen LogP contribution in [0.4, 0.5) is 17.1 Å². The molecule has 1 aliphatic heterocycles. The van der Waals surface area contributed by atoms with E-state index in [1.807, 2.05) is 24.3 Å². The van der Waals surface area contributed by atoms with E-state index in [1.165, 1.54) is 17.0 Å². The average molecular weight is 512 g/mol. The average Bonchev–Trinajstić information content (AvgIpc) is 2.87. The van der Waals surface area contributed by atoms with E-state index in [9.17, 15) is 33.2 Å². The van der Waals surface area contributed by atoms with Gasteiger partial charge in [0.15, 0.2) is 6.61 Å². The molecule has 2 N–H and O–H groups in total. The van der Waals surface area contributed by atoms with Gasteiger partial charge in [-0.15, -0.1) is 0 Å². The number of para-hydroxylation sites is 1. The number of nitro groups is 1. The minimum Gasteiger partial charge on any atom is -0.507 e. The smallest absolute Gasteiger partial charge is 0.342 e. The number of benzene rings is 3. The molecule has 1 amide bonds. The number of rotatable bonds is 7. The number of nitro benzene ring substituents is 1. The summed E-state index contributed by atoms with van der Waals surface area (Å²) in [4.78, 5) is 36.6. The fourth-order valence-electron chi connectivity index (χ4n) is 3.79. The van der Waals surface area contributed by atoms with Crippen molar-refractivity contribution in [2.45, 2.75) is 17.7 Å². The van der Waals surface area contributed by atoms with Gasteiger partial charge in [0, 0.05) is 30.1 Å². The standard InChI is InChI=1S/C24H21N3O8S/c28-22-12-11-19(36(33,34)25-17-7-9-18(10-8-17)27(31)32)14-20(22)24(30)35-15-23(29)26-13-3-5-16-4-1-2-6-21(16)26/h1-2,4,6-12,14,25,28H,3,5,13,15H2. The van der Waals surface area contributed by atoms with Gasteiger partial charge in [-0.1, -0.05) is 18.2 Å². The van der Waals surface area contributed by atoms with Crippen molar-refractivity contribution in [1.82, 2.24) is 0 Å². The first kappa shape index (κ1) is 24.7. The highest BCUT2D eigenvalue weighted by atomic mass is 32.2. The van der Waals surface area contributed by atoms with Crippen molar-refractivity contribution in [3.63, 3.8) is 0 Å². The van der Waals surface area contributed by atoms with E-state index in [0.717, 1.165) is 54.4 Å². The number of phenols is 1. The van der Waals surface area contributed by atoms with Crippen molar-refractivity contribution >= 4 is 39.0 Å². The van der Waals surface area contributed by atoms with Gasteiger partial charge in [-0.05, 0) is 54.8 Å². The molecule has 11 nitrogen and oxygen atoms in total. The summed E-state index contributed by atoms with van der Waals surface area (Å²) in [5.41, 5.74) is 1.17. The van der Waals surface area contributed by atoms with E-state index in [1.54, 1.807) is 0 Å². The summed E-state index contributed by atoms with van der Waals surface area (Å²) in [7, 11) is -4.21. The first-order valence-electron chi connectivity index (χ1n) is 10.8. The first-order chi connectivity index (χ1) is 17.2. The summed E-state index contributed by atoms with van der Waals surface area (Å²) in [6.07, 6.45) is 1.60. The number of anilines is 2. The first-order valence-corrected chi connectivity index (χ1v) is 12.3. The normalized spacial score (nSPS) is 12.9. The number of nitrogens with one attached hydrogen (secondary N) is 1. The van der Waals surface area contributed by atoms with Crippen molar-refractivity contribution in [3.05, 3.63) is 88.0 Å². The topological polar surface area (TPSA) is 156 Å². The molecule has 3 aromatic rings. The Labute approximate surface area is 206 Å². The molecule has 0 saturated carbocycles. The lowest BCUT2D eigenvalue weighted by molar-refractivity contribution is -0.384. The minimum atomic E-state index is -4.21. The van der Waals surface area contributed by atoms with Gasteiger partial charge in [0.1, 0.15) is 11.3 Å². The molecule has 1 heterocycles. The molecule has 0 radical (unpaired) electrons. The van der Waals surface area contributed by atoms with Crippen LogP contribution in [0.25, 0.3) is 0 Å². The quantitative estimate of drug-likeness (QED) is 0.278. The second kappa shape index (κ2) is 10.0. The van der Waals surface area contributed by atoms with Gasteiger partial charge in [0.2, 0.25) is 0 Å². The van der Waals surface area contributed by atoms with Crippen molar-refractivity contribution in [2.24, 2.45) is 0 Å². The number of ether oxygens (including phenoxy) is 1. The number of amides is 1. The molecule has 0 unspecified atom stereocenters. The fraction of sp³-hybridized carbons (Fsp3) is 0.167. The Kier molecular flexibility index (Phi) is 6.88. The predicted molar refractivity (Wildman–Crippen MR) is 129 cm³/mol. The number of sulfonamides is 1. The van der Waals surface area contributed by atoms with Crippen LogP contribution < -0.4 is 9.62 Å². The molecule has 0 aromatic heterocycles. The van der Waals surface area contributed by atoms with Gasteiger partial charge in [-0.2, -0.15) is 0 Å². The van der Waals surface area contributed by atoms with Gasteiger partial charge in [-0.3, -0.25) is 19.6 Å². The van der Waals surface area contributed by atoms with Crippen LogP contribution in [-0.2, 0) is 26.0 Å². The largest absolute Gasteiger partial charge is 0.507 e. The number of carbonyl (C=O) groups is 2. The van der Waals surface area contributed by atoms with E-state index < -0.39 is 44.7 Å². The zero-order valence-corrected chi connectivity index (χ0v) is 19.6. The lowest BCUT2D eigenvalue weighted by Gasteiger charge is -2.29. The SMILES string of the molecule is O=C(OCC(=O)N1CCCc2ccccc21)c1cc(S(=O)(=O)Nc2ccc([N+](=O)[O-])cc2)ccc1O. The molecule has 0 aliphatic carbocycles. The molecule has 0 atom stereocenters. The monoisotopic (exact) mass is 511 g/mol. The zero-order valence-electron chi connectivity index (χ0n) is 18.8. The number of aromatic hydroxyl groups is 1. The van der Waals surface area contributed by atoms with Crippen LogP contribution in [0.2, 0.25) is 0 Å². The summed E-state index contributed by atoms with van der Waals surface area (Å²) < 4.78 is 32.8. The fourth-order valence-corrected chi connectivity index (χ4v) is 4.87. The van der Waals surface area contributed by atoms with Gasteiger partial charge in [0.25, 0.3) is 21.6 Å². The molecule has 1 aliphatic rings. The summed E-state index contributed by atoms with van der Waals surface area (Å²) in [5, 5.41) is 20.9. The molecule has 4 rings (SSSR count). The number of nitrogens with zero attached hydrogens (tertiary/aromatic N) is 2. The highest BCUT2D eigenvalue weighted by Crippen LogP contribution is 2.28. The summed E-state index contributed by atoms with van der Waals surface area (Å²) in [5.74, 6) is -2.04. The lowest BCUT2D eigenvalue weighted by Crippen LogP contribution is -2.38. The second-order valence-electron chi connectivity index (χ2n) is 7.94. The number of phenolic OH excluding ortho intramolecular Hbond substituents is 1.